The van der Waals surface area contributed by atoms with E-state index < -0.39 is 0 Å². The van der Waals surface area contributed by atoms with Crippen molar-refractivity contribution in [3.63, 3.8) is 0 Å². The maximum absolute atomic E-state index is 13.6. The van der Waals surface area contributed by atoms with Gasteiger partial charge in [0, 0.05) is 29.9 Å². The number of H-pyrrole nitrogens is 1. The number of aromatic amines is 1. The van der Waals surface area contributed by atoms with Gasteiger partial charge >= 0.3 is 0 Å². The quantitative estimate of drug-likeness (QED) is 0.409. The molecular formula is C27H26N8O. The third-order valence-corrected chi connectivity index (χ3v) is 6.79. The van der Waals surface area contributed by atoms with Gasteiger partial charge in [-0.1, -0.05) is 37.3 Å². The highest BCUT2D eigenvalue weighted by atomic mass is 16.2. The van der Waals surface area contributed by atoms with Crippen LogP contribution in [0.3, 0.4) is 0 Å². The first-order valence-corrected chi connectivity index (χ1v) is 12.1. The second-order valence-electron chi connectivity index (χ2n) is 9.17. The molecule has 1 amide bonds. The number of fused-ring (bicyclic) bond motifs is 2. The summed E-state index contributed by atoms with van der Waals surface area (Å²) in [5.74, 6) is 1.37. The molecule has 9 nitrogen and oxygen atoms in total. The number of tetrazole rings is 1. The zero-order chi connectivity index (χ0) is 24.8. The molecule has 9 heteroatoms. The number of pyridine rings is 1. The topological polar surface area (TPSA) is 105 Å². The van der Waals surface area contributed by atoms with Crippen LogP contribution < -0.4 is 4.90 Å². The van der Waals surface area contributed by atoms with Crippen molar-refractivity contribution in [1.29, 1.82) is 0 Å². The zero-order valence-electron chi connectivity index (χ0n) is 20.5. The molecule has 6 rings (SSSR count). The average molecular weight is 479 g/mol. The summed E-state index contributed by atoms with van der Waals surface area (Å²) in [5.41, 5.74) is 8.55. The number of benzene rings is 2. The van der Waals surface area contributed by atoms with Crippen molar-refractivity contribution < 1.29 is 4.79 Å². The monoisotopic (exact) mass is 478 g/mol. The van der Waals surface area contributed by atoms with Crippen LogP contribution in [0.2, 0.25) is 0 Å². The molecule has 2 aromatic carbocycles. The number of anilines is 1. The van der Waals surface area contributed by atoms with Gasteiger partial charge in [0.05, 0.1) is 12.1 Å². The number of aryl methyl sites for hydroxylation is 3. The highest BCUT2D eigenvalue weighted by Gasteiger charge is 2.28. The first kappa shape index (κ1) is 22.1. The molecule has 180 valence electrons. The molecule has 0 bridgehead atoms. The van der Waals surface area contributed by atoms with E-state index in [0.29, 0.717) is 30.0 Å². The van der Waals surface area contributed by atoms with Crippen molar-refractivity contribution >= 4 is 22.8 Å². The smallest absolute Gasteiger partial charge is 0.259 e. The molecule has 3 aromatic heterocycles. The summed E-state index contributed by atoms with van der Waals surface area (Å²) in [7, 11) is 0. The Morgan fingerprint density at radius 2 is 1.94 bits per heavy atom. The largest absolute Gasteiger partial charge is 0.308 e. The van der Waals surface area contributed by atoms with Crippen LogP contribution in [0, 0.1) is 13.8 Å². The molecule has 0 aliphatic carbocycles. The molecule has 1 N–H and O–H groups in total. The fraction of sp³-hybridized carbons (Fsp3) is 0.259. The summed E-state index contributed by atoms with van der Waals surface area (Å²) in [5, 5.41) is 14.2. The molecule has 0 atom stereocenters. The number of hydrogen-bond donors (Lipinski definition) is 1. The van der Waals surface area contributed by atoms with Crippen molar-refractivity contribution in [3.8, 4) is 11.4 Å². The van der Waals surface area contributed by atoms with E-state index in [9.17, 15) is 4.79 Å². The lowest BCUT2D eigenvalue weighted by molar-refractivity contribution is 0.0990. The lowest BCUT2D eigenvalue weighted by atomic mass is 10.1. The summed E-state index contributed by atoms with van der Waals surface area (Å²) in [4.78, 5) is 25.1. The minimum absolute atomic E-state index is 0.0640. The second-order valence-corrected chi connectivity index (χ2v) is 9.17. The van der Waals surface area contributed by atoms with Gasteiger partial charge < -0.3 is 9.47 Å². The molecule has 0 radical (unpaired) electrons. The standard InChI is InChI=1S/C27H26N8O/c1-4-23-29-24-16(2)13-17(3)28-26(24)35(23)15-18-9-10-22-19(14-18)11-12-34(22)27(36)21-8-6-5-7-20(21)25-30-32-33-31-25/h5-10,13-14H,4,11-12,15H2,1-3H3,(H,30,31,32,33). The number of rotatable bonds is 5. The summed E-state index contributed by atoms with van der Waals surface area (Å²) in [6, 6.07) is 15.8. The van der Waals surface area contributed by atoms with Crippen molar-refractivity contribution in [2.45, 2.75) is 40.2 Å². The van der Waals surface area contributed by atoms with Gasteiger partial charge in [-0.05, 0) is 60.4 Å². The fourth-order valence-corrected chi connectivity index (χ4v) is 5.12. The molecule has 1 aliphatic heterocycles. The molecular weight excluding hydrogens is 452 g/mol. The Kier molecular flexibility index (Phi) is 5.32. The van der Waals surface area contributed by atoms with Crippen LogP contribution in [0.5, 0.6) is 0 Å². The average Bonchev–Trinajstić information content (AvgIpc) is 3.63. The van der Waals surface area contributed by atoms with Gasteiger partial charge in [0.15, 0.2) is 5.65 Å². The van der Waals surface area contributed by atoms with E-state index >= 15 is 0 Å². The van der Waals surface area contributed by atoms with Gasteiger partial charge in [-0.25, -0.2) is 9.97 Å². The third-order valence-electron chi connectivity index (χ3n) is 6.79. The minimum atomic E-state index is -0.0640. The summed E-state index contributed by atoms with van der Waals surface area (Å²) in [6.45, 7) is 7.56. The van der Waals surface area contributed by atoms with Crippen LogP contribution in [-0.2, 0) is 19.4 Å². The van der Waals surface area contributed by atoms with Crippen LogP contribution in [0.15, 0.2) is 48.5 Å². The van der Waals surface area contributed by atoms with E-state index in [4.69, 9.17) is 9.97 Å². The summed E-state index contributed by atoms with van der Waals surface area (Å²) in [6.07, 6.45) is 1.64. The molecule has 1 aliphatic rings. The second kappa shape index (κ2) is 8.67. The number of imidazole rings is 1. The first-order chi connectivity index (χ1) is 17.5. The molecule has 0 saturated heterocycles. The summed E-state index contributed by atoms with van der Waals surface area (Å²) < 4.78 is 2.22. The Labute approximate surface area is 208 Å². The van der Waals surface area contributed by atoms with E-state index in [2.05, 4.69) is 63.3 Å². The molecule has 4 heterocycles. The first-order valence-electron chi connectivity index (χ1n) is 12.1. The highest BCUT2D eigenvalue weighted by molar-refractivity contribution is 6.10. The van der Waals surface area contributed by atoms with E-state index in [1.54, 1.807) is 0 Å². The van der Waals surface area contributed by atoms with Gasteiger partial charge in [-0.15, -0.1) is 10.2 Å². The van der Waals surface area contributed by atoms with Crippen molar-refractivity contribution in [2.24, 2.45) is 0 Å². The van der Waals surface area contributed by atoms with Crippen LogP contribution in [0.25, 0.3) is 22.6 Å². The molecule has 5 aromatic rings. The van der Waals surface area contributed by atoms with Crippen LogP contribution in [0.1, 0.15) is 45.5 Å². The number of nitrogens with zero attached hydrogens (tertiary/aromatic N) is 7. The van der Waals surface area contributed by atoms with Crippen LogP contribution in [-0.4, -0.2) is 47.6 Å². The Bertz CT molecular complexity index is 1600. The van der Waals surface area contributed by atoms with Gasteiger partial charge in [-0.3, -0.25) is 4.79 Å². The van der Waals surface area contributed by atoms with Crippen molar-refractivity contribution in [2.75, 3.05) is 11.4 Å². The number of amides is 1. The van der Waals surface area contributed by atoms with E-state index in [1.807, 2.05) is 36.1 Å². The number of hydrogen-bond acceptors (Lipinski definition) is 6. The number of aromatic nitrogens is 7. The fourth-order valence-electron chi connectivity index (χ4n) is 5.12. The van der Waals surface area contributed by atoms with Gasteiger partial charge in [0.25, 0.3) is 5.91 Å². The van der Waals surface area contributed by atoms with Gasteiger partial charge in [0.2, 0.25) is 5.82 Å². The van der Waals surface area contributed by atoms with Crippen LogP contribution >= 0.6 is 0 Å². The maximum atomic E-state index is 13.6. The molecule has 0 saturated carbocycles. The lowest BCUT2D eigenvalue weighted by Crippen LogP contribution is -2.29. The molecule has 36 heavy (non-hydrogen) atoms. The predicted molar refractivity (Wildman–Crippen MR) is 137 cm³/mol. The van der Waals surface area contributed by atoms with Crippen molar-refractivity contribution in [3.05, 3.63) is 82.3 Å². The minimum Gasteiger partial charge on any atom is -0.308 e. The van der Waals surface area contributed by atoms with Crippen molar-refractivity contribution in [1.82, 2.24) is 35.2 Å². The Hall–Kier alpha value is -4.40. The van der Waals surface area contributed by atoms with E-state index in [0.717, 1.165) is 46.8 Å². The number of carbonyl (C=O) groups excluding carboxylic acids is 1. The Morgan fingerprint density at radius 3 is 2.75 bits per heavy atom. The molecule has 0 spiro atoms. The van der Waals surface area contributed by atoms with E-state index in [1.165, 1.54) is 11.1 Å². The lowest BCUT2D eigenvalue weighted by Gasteiger charge is -2.19. The Balaban J connectivity index is 1.32. The number of carbonyl (C=O) groups is 1. The summed E-state index contributed by atoms with van der Waals surface area (Å²) >= 11 is 0. The van der Waals surface area contributed by atoms with Gasteiger partial charge in [0.1, 0.15) is 11.3 Å². The molecule has 0 fully saturated rings. The predicted octanol–water partition coefficient (Wildman–Crippen LogP) is 4.04. The Morgan fingerprint density at radius 1 is 1.08 bits per heavy atom. The zero-order valence-corrected chi connectivity index (χ0v) is 20.5. The van der Waals surface area contributed by atoms with Gasteiger partial charge in [-0.2, -0.15) is 5.21 Å². The van der Waals surface area contributed by atoms with E-state index in [-0.39, 0.29) is 5.91 Å². The highest BCUT2D eigenvalue weighted by Crippen LogP contribution is 2.32. The molecule has 0 unspecified atom stereocenters. The number of nitrogens with one attached hydrogen (secondary N) is 1. The SMILES string of the molecule is CCc1nc2c(C)cc(C)nc2n1Cc1ccc2c(c1)CCN2C(=O)c1ccccc1-c1nn[nH]n1. The van der Waals surface area contributed by atoms with Crippen LogP contribution in [0.4, 0.5) is 5.69 Å². The third kappa shape index (κ3) is 3.64. The maximum Gasteiger partial charge on any atom is 0.259 e. The normalized spacial score (nSPS) is 12.9.